The van der Waals surface area contributed by atoms with Gasteiger partial charge in [-0.2, -0.15) is 0 Å². The molecule has 0 saturated carbocycles. The van der Waals surface area contributed by atoms with Gasteiger partial charge in [-0.1, -0.05) is 48.0 Å². The van der Waals surface area contributed by atoms with Gasteiger partial charge in [0.15, 0.2) is 0 Å². The number of carbonyl (C=O) groups is 1. The first-order chi connectivity index (χ1) is 15.3. The summed E-state index contributed by atoms with van der Waals surface area (Å²) in [6.45, 7) is 0. The molecule has 8 heteroatoms. The van der Waals surface area contributed by atoms with Crippen molar-refractivity contribution in [1.29, 1.82) is 5.41 Å². The number of fused-ring (bicyclic) bond motifs is 1. The third-order valence-corrected chi connectivity index (χ3v) is 6.44. The third kappa shape index (κ3) is 4.30. The maximum atomic E-state index is 12.6. The summed E-state index contributed by atoms with van der Waals surface area (Å²) >= 11 is 6.11. The molecule has 0 unspecified atom stereocenters. The average molecular weight is 466 g/mol. The highest BCUT2D eigenvalue weighted by Crippen LogP contribution is 2.32. The van der Waals surface area contributed by atoms with Crippen LogP contribution in [0, 0.1) is 5.41 Å². The molecular formula is C24H20ClN3O3S. The number of hydrogen-bond donors (Lipinski definition) is 2. The monoisotopic (exact) mass is 465 g/mol. The summed E-state index contributed by atoms with van der Waals surface area (Å²) in [4.78, 5) is 12.6. The minimum atomic E-state index is -3.59. The van der Waals surface area contributed by atoms with E-state index in [0.29, 0.717) is 39.3 Å². The quantitative estimate of drug-likeness (QED) is 0.382. The highest BCUT2D eigenvalue weighted by Gasteiger charge is 2.19. The lowest BCUT2D eigenvalue weighted by Gasteiger charge is -2.10. The molecule has 0 aliphatic carbocycles. The van der Waals surface area contributed by atoms with Crippen LogP contribution in [0.2, 0.25) is 5.02 Å². The fourth-order valence-corrected chi connectivity index (χ4v) is 4.86. The number of nitrogens with one attached hydrogen (secondary N) is 2. The van der Waals surface area contributed by atoms with Crippen molar-refractivity contribution in [3.63, 3.8) is 0 Å². The van der Waals surface area contributed by atoms with Crippen LogP contribution in [-0.2, 0) is 16.4 Å². The lowest BCUT2D eigenvalue weighted by molar-refractivity contribution is 0.102. The molecule has 0 bridgehead atoms. The zero-order valence-corrected chi connectivity index (χ0v) is 18.7. The van der Waals surface area contributed by atoms with Crippen molar-refractivity contribution in [2.75, 3.05) is 11.6 Å². The number of carbonyl (C=O) groups excluding carboxylic acids is 1. The lowest BCUT2D eigenvalue weighted by Crippen LogP contribution is -2.13. The van der Waals surface area contributed by atoms with E-state index in [0.717, 1.165) is 17.4 Å². The highest BCUT2D eigenvalue weighted by molar-refractivity contribution is 7.89. The van der Waals surface area contributed by atoms with Crippen molar-refractivity contribution in [2.24, 2.45) is 0 Å². The van der Waals surface area contributed by atoms with Gasteiger partial charge < -0.3 is 10.7 Å². The molecule has 3 aromatic carbocycles. The smallest absolute Gasteiger partial charge is 0.257 e. The van der Waals surface area contributed by atoms with Gasteiger partial charge in [0.25, 0.3) is 5.91 Å². The van der Waals surface area contributed by atoms with E-state index in [1.807, 2.05) is 24.3 Å². The lowest BCUT2D eigenvalue weighted by atomic mass is 10.1. The van der Waals surface area contributed by atoms with Crippen LogP contribution in [0.5, 0.6) is 0 Å². The standard InChI is InChI=1S/C24H20ClN3O3S/c1-32(30,31)28-22-11-10-19(27-24(29)20-4-2-3-5-21(20)25)14-18(22)15-23(28)17-8-6-16(7-9-17)12-13-26/h2-11,13-15,26H,12H2,1H3,(H,27,29). The van der Waals surface area contributed by atoms with E-state index < -0.39 is 10.0 Å². The Morgan fingerprint density at radius 1 is 1.06 bits per heavy atom. The summed E-state index contributed by atoms with van der Waals surface area (Å²) in [5, 5.41) is 11.1. The number of benzene rings is 3. The van der Waals surface area contributed by atoms with Crippen molar-refractivity contribution in [3.8, 4) is 11.3 Å². The van der Waals surface area contributed by atoms with Gasteiger partial charge in [0, 0.05) is 17.5 Å². The van der Waals surface area contributed by atoms with Gasteiger partial charge in [0.1, 0.15) is 0 Å². The molecule has 0 radical (unpaired) electrons. The Hall–Kier alpha value is -3.42. The number of rotatable bonds is 6. The van der Waals surface area contributed by atoms with Crippen molar-refractivity contribution in [3.05, 3.63) is 88.9 Å². The number of hydrogen-bond acceptors (Lipinski definition) is 4. The molecule has 162 valence electrons. The number of anilines is 1. The van der Waals surface area contributed by atoms with Crippen LogP contribution in [0.25, 0.3) is 22.2 Å². The molecule has 0 spiro atoms. The Labute approximate surface area is 191 Å². The van der Waals surface area contributed by atoms with Gasteiger partial charge in [-0.15, -0.1) is 0 Å². The SMILES string of the molecule is CS(=O)(=O)n1c(-c2ccc(CC=N)cc2)cc2cc(NC(=O)c3ccccc3Cl)ccc21. The van der Waals surface area contributed by atoms with Gasteiger partial charge in [-0.05, 0) is 53.7 Å². The summed E-state index contributed by atoms with van der Waals surface area (Å²) < 4.78 is 26.5. The maximum Gasteiger partial charge on any atom is 0.257 e. The first kappa shape index (κ1) is 21.8. The summed E-state index contributed by atoms with van der Waals surface area (Å²) in [6.07, 6.45) is 3.00. The molecule has 0 atom stereocenters. The van der Waals surface area contributed by atoms with Crippen LogP contribution in [0.3, 0.4) is 0 Å². The Kier molecular flexibility index (Phi) is 5.86. The van der Waals surface area contributed by atoms with Crippen molar-refractivity contribution in [2.45, 2.75) is 6.42 Å². The van der Waals surface area contributed by atoms with Crippen molar-refractivity contribution in [1.82, 2.24) is 3.97 Å². The van der Waals surface area contributed by atoms with Crippen LogP contribution in [0.4, 0.5) is 5.69 Å². The zero-order valence-electron chi connectivity index (χ0n) is 17.2. The minimum Gasteiger partial charge on any atom is -0.322 e. The fourth-order valence-electron chi connectivity index (χ4n) is 3.60. The van der Waals surface area contributed by atoms with Gasteiger partial charge in [-0.3, -0.25) is 4.79 Å². The molecule has 1 aromatic heterocycles. The van der Waals surface area contributed by atoms with Gasteiger partial charge >= 0.3 is 0 Å². The van der Waals surface area contributed by atoms with Crippen molar-refractivity contribution >= 4 is 50.3 Å². The fraction of sp³-hybridized carbons (Fsp3) is 0.0833. The van der Waals surface area contributed by atoms with Crippen LogP contribution >= 0.6 is 11.6 Å². The molecule has 6 nitrogen and oxygen atoms in total. The Morgan fingerprint density at radius 3 is 2.44 bits per heavy atom. The van der Waals surface area contributed by atoms with Crippen LogP contribution in [-0.4, -0.2) is 30.8 Å². The number of halogens is 1. The Balaban J connectivity index is 1.76. The molecule has 1 amide bonds. The summed E-state index contributed by atoms with van der Waals surface area (Å²) in [6, 6.07) is 21.0. The molecule has 32 heavy (non-hydrogen) atoms. The second-order valence-corrected chi connectivity index (χ2v) is 9.61. The van der Waals surface area contributed by atoms with E-state index in [2.05, 4.69) is 5.32 Å². The number of amides is 1. The van der Waals surface area contributed by atoms with Gasteiger partial charge in [-0.25, -0.2) is 12.4 Å². The third-order valence-electron chi connectivity index (χ3n) is 5.05. The Morgan fingerprint density at radius 2 is 1.78 bits per heavy atom. The molecule has 0 aliphatic heterocycles. The van der Waals surface area contributed by atoms with Gasteiger partial charge in [0.2, 0.25) is 10.0 Å². The molecule has 0 saturated heterocycles. The summed E-state index contributed by atoms with van der Waals surface area (Å²) in [5.41, 5.74) is 3.63. The first-order valence-corrected chi connectivity index (χ1v) is 12.0. The largest absolute Gasteiger partial charge is 0.322 e. The molecular weight excluding hydrogens is 446 g/mol. The van der Waals surface area contributed by atoms with E-state index in [4.69, 9.17) is 17.0 Å². The molecule has 1 heterocycles. The van der Waals surface area contributed by atoms with E-state index in [1.165, 1.54) is 10.2 Å². The normalized spacial score (nSPS) is 11.4. The first-order valence-electron chi connectivity index (χ1n) is 9.78. The minimum absolute atomic E-state index is 0.348. The summed E-state index contributed by atoms with van der Waals surface area (Å²) in [7, 11) is -3.59. The van der Waals surface area contributed by atoms with E-state index >= 15 is 0 Å². The number of nitrogens with zero attached hydrogens (tertiary/aromatic N) is 1. The van der Waals surface area contributed by atoms with E-state index in [1.54, 1.807) is 48.5 Å². The van der Waals surface area contributed by atoms with E-state index in [9.17, 15) is 13.2 Å². The van der Waals surface area contributed by atoms with Crippen LogP contribution in [0.15, 0.2) is 72.8 Å². The molecule has 0 aliphatic rings. The number of aromatic nitrogens is 1. The zero-order chi connectivity index (χ0) is 22.9. The predicted molar refractivity (Wildman–Crippen MR) is 130 cm³/mol. The molecule has 4 aromatic rings. The van der Waals surface area contributed by atoms with Gasteiger partial charge in [0.05, 0.1) is 28.1 Å². The van der Waals surface area contributed by atoms with Crippen molar-refractivity contribution < 1.29 is 13.2 Å². The molecule has 4 rings (SSSR count). The highest BCUT2D eigenvalue weighted by atomic mass is 35.5. The van der Waals surface area contributed by atoms with Crippen LogP contribution in [0.1, 0.15) is 15.9 Å². The van der Waals surface area contributed by atoms with Crippen LogP contribution < -0.4 is 5.32 Å². The summed E-state index contributed by atoms with van der Waals surface area (Å²) in [5.74, 6) is -0.348. The molecule has 2 N–H and O–H groups in total. The topological polar surface area (TPSA) is 92.0 Å². The maximum absolute atomic E-state index is 12.6. The molecule has 0 fully saturated rings. The van der Waals surface area contributed by atoms with E-state index in [-0.39, 0.29) is 5.91 Å². The second kappa shape index (κ2) is 8.61. The predicted octanol–water partition coefficient (Wildman–Crippen LogP) is 5.21. The average Bonchev–Trinajstić information content (AvgIpc) is 3.14. The Bertz CT molecular complexity index is 1440. The second-order valence-electron chi connectivity index (χ2n) is 7.37.